The molecule has 2 saturated heterocycles. The van der Waals surface area contributed by atoms with E-state index in [0.717, 1.165) is 16.4 Å². The Balaban J connectivity index is 1.10. The van der Waals surface area contributed by atoms with Gasteiger partial charge >= 0.3 is 15.1 Å². The molecule has 21 nitrogen and oxygen atoms in total. The molecule has 3 unspecified atom stereocenters. The molecular formula is C19H23N11O10P2S2. The van der Waals surface area contributed by atoms with Crippen LogP contribution in [0.3, 0.4) is 0 Å². The lowest BCUT2D eigenvalue weighted by molar-refractivity contribution is 0.00114. The van der Waals surface area contributed by atoms with Gasteiger partial charge in [0.1, 0.15) is 41.7 Å². The second-order valence-corrected chi connectivity index (χ2v) is 15.2. The van der Waals surface area contributed by atoms with E-state index in [2.05, 4.69) is 47.6 Å². The lowest BCUT2D eigenvalue weighted by atomic mass is 10.1. The van der Waals surface area contributed by atoms with Crippen molar-refractivity contribution in [2.45, 2.75) is 53.2 Å². The number of aromatic nitrogens is 9. The van der Waals surface area contributed by atoms with Gasteiger partial charge in [-0.2, -0.15) is 10.1 Å². The standard InChI is InChI=1S/C19H23N11O10P2S2/c20-13-15-22-2-5(29(15)24-4-23-13)6-1-19(33)11(38-6)12(19)40-42(36,43)39-10-9(31)7(3-37-41(34)35)44-17(10)30-14-8(27-28-30)16(32)26-18(21)25-14/h2,4,6-7,9-12,17,31,33,41H,1,3H2,(H,34,35)(H,36,43)(H2,20,23,24)(H3,21,25,26,32)/t6-,7-,9-,10-,11-,12?,17-,19+,42?/m1/s1. The number of nitrogens with one attached hydrogen (secondary N) is 1. The summed E-state index contributed by atoms with van der Waals surface area (Å²) < 4.78 is 49.4. The number of aliphatic hydroxyl groups excluding tert-OH is 1. The molecule has 0 spiro atoms. The highest BCUT2D eigenvalue weighted by Gasteiger charge is 2.74. The summed E-state index contributed by atoms with van der Waals surface area (Å²) in [6.07, 6.45) is -2.73. The fraction of sp³-hybridized carbons (Fsp3) is 0.526. The highest BCUT2D eigenvalue weighted by Crippen LogP contribution is 2.66. The van der Waals surface area contributed by atoms with Crippen molar-refractivity contribution >= 4 is 67.6 Å². The number of aromatic amines is 1. The molecule has 236 valence electrons. The first-order valence-electron chi connectivity index (χ1n) is 12.7. The van der Waals surface area contributed by atoms with Crippen molar-refractivity contribution in [1.29, 1.82) is 0 Å². The van der Waals surface area contributed by atoms with Crippen LogP contribution < -0.4 is 17.0 Å². The van der Waals surface area contributed by atoms with E-state index in [1.165, 1.54) is 17.0 Å². The molecule has 0 bridgehead atoms. The average Bonchev–Trinajstić information content (AvgIpc) is 3.52. The Morgan fingerprint density at radius 1 is 1.32 bits per heavy atom. The van der Waals surface area contributed by atoms with Gasteiger partial charge < -0.3 is 35.8 Å². The van der Waals surface area contributed by atoms with Gasteiger partial charge in [-0.25, -0.2) is 23.7 Å². The van der Waals surface area contributed by atoms with Gasteiger partial charge in [-0.1, -0.05) is 17.5 Å². The summed E-state index contributed by atoms with van der Waals surface area (Å²) in [6.45, 7) is -4.76. The highest BCUT2D eigenvalue weighted by atomic mass is 32.7. The number of H-pyrrole nitrogens is 1. The predicted molar refractivity (Wildman–Crippen MR) is 153 cm³/mol. The van der Waals surface area contributed by atoms with Crippen molar-refractivity contribution in [3.63, 3.8) is 0 Å². The number of rotatable bonds is 9. The minimum Gasteiger partial charge on any atom is -0.389 e. The van der Waals surface area contributed by atoms with Crippen molar-refractivity contribution in [1.82, 2.24) is 44.5 Å². The van der Waals surface area contributed by atoms with Gasteiger partial charge in [0.15, 0.2) is 22.6 Å². The van der Waals surface area contributed by atoms with E-state index < -0.39 is 74.0 Å². The molecule has 6 heterocycles. The van der Waals surface area contributed by atoms with Crippen LogP contribution in [0.2, 0.25) is 0 Å². The maximum Gasteiger partial charge on any atom is 0.387 e. The van der Waals surface area contributed by atoms with Crippen molar-refractivity contribution in [2.24, 2.45) is 0 Å². The van der Waals surface area contributed by atoms with Crippen molar-refractivity contribution in [3.8, 4) is 0 Å². The van der Waals surface area contributed by atoms with Crippen LogP contribution in [0.1, 0.15) is 23.6 Å². The summed E-state index contributed by atoms with van der Waals surface area (Å²) in [6, 6.07) is 0. The molecule has 4 aromatic heterocycles. The first-order valence-corrected chi connectivity index (χ1v) is 17.6. The van der Waals surface area contributed by atoms with Crippen LogP contribution >= 0.6 is 39.1 Å². The Morgan fingerprint density at radius 2 is 2.11 bits per heavy atom. The van der Waals surface area contributed by atoms with Crippen LogP contribution in [0, 0.1) is 0 Å². The largest absolute Gasteiger partial charge is 0.389 e. The Kier molecular flexibility index (Phi) is 7.29. The Labute approximate surface area is 254 Å². The fourth-order valence-corrected chi connectivity index (χ4v) is 9.15. The Bertz CT molecular complexity index is 1910. The van der Waals surface area contributed by atoms with E-state index in [9.17, 15) is 24.1 Å². The van der Waals surface area contributed by atoms with Gasteiger partial charge in [-0.15, -0.1) is 16.9 Å². The third-order valence-electron chi connectivity index (χ3n) is 7.44. The number of imidazole rings is 1. The van der Waals surface area contributed by atoms with Crippen molar-refractivity contribution in [2.75, 3.05) is 18.1 Å². The topological polar surface area (TPSA) is 303 Å². The second kappa shape index (κ2) is 10.7. The molecule has 3 aliphatic rings. The maximum absolute atomic E-state index is 13.6. The molecule has 8 N–H and O–H groups in total. The van der Waals surface area contributed by atoms with Gasteiger partial charge in [0, 0.05) is 6.42 Å². The number of fused-ring (bicyclic) bond motifs is 3. The highest BCUT2D eigenvalue weighted by molar-refractivity contribution is 8.44. The Morgan fingerprint density at radius 3 is 2.84 bits per heavy atom. The van der Waals surface area contributed by atoms with Crippen LogP contribution in [0.25, 0.3) is 16.8 Å². The lowest BCUT2D eigenvalue weighted by Crippen LogP contribution is -2.35. The van der Waals surface area contributed by atoms with Crippen LogP contribution in [-0.2, 0) is 27.4 Å². The number of nitrogens with two attached hydrogens (primary N) is 2. The molecule has 1 saturated carbocycles. The maximum atomic E-state index is 13.6. The zero-order chi connectivity index (χ0) is 31.1. The molecule has 1 aliphatic carbocycles. The number of nitrogens with zero attached hydrogens (tertiary/aromatic N) is 8. The van der Waals surface area contributed by atoms with E-state index in [-0.39, 0.29) is 29.4 Å². The number of nitrogen functional groups attached to an aromatic ring is 2. The third kappa shape index (κ3) is 5.01. The van der Waals surface area contributed by atoms with Crippen LogP contribution in [0.15, 0.2) is 17.3 Å². The third-order valence-corrected chi connectivity index (χ3v) is 10.9. The Hall–Kier alpha value is -2.69. The number of hydrogen-bond donors (Lipinski definition) is 7. The molecule has 0 aromatic carbocycles. The number of anilines is 2. The number of hydrogen-bond acceptors (Lipinski definition) is 18. The van der Waals surface area contributed by atoms with Gasteiger partial charge in [0.25, 0.3) is 5.56 Å². The molecule has 10 atom stereocenters. The fourth-order valence-electron chi connectivity index (χ4n) is 5.37. The monoisotopic (exact) mass is 691 g/mol. The van der Waals surface area contributed by atoms with Gasteiger partial charge in [0.2, 0.25) is 5.95 Å². The quantitative estimate of drug-likeness (QED) is 0.0782. The van der Waals surface area contributed by atoms with E-state index >= 15 is 0 Å². The van der Waals surface area contributed by atoms with Gasteiger partial charge in [-0.3, -0.25) is 23.4 Å². The number of thioether (sulfide) groups is 1. The lowest BCUT2D eigenvalue weighted by Gasteiger charge is -2.25. The molecule has 7 rings (SSSR count). The molecule has 4 aromatic rings. The van der Waals surface area contributed by atoms with Crippen molar-refractivity contribution in [3.05, 3.63) is 28.6 Å². The summed E-state index contributed by atoms with van der Waals surface area (Å²) in [5.41, 5.74) is 9.90. The molecular weight excluding hydrogens is 668 g/mol. The zero-order valence-corrected chi connectivity index (χ0v) is 25.5. The van der Waals surface area contributed by atoms with Crippen LogP contribution in [0.5, 0.6) is 0 Å². The van der Waals surface area contributed by atoms with E-state index in [1.807, 2.05) is 0 Å². The van der Waals surface area contributed by atoms with E-state index in [0.29, 0.717) is 11.3 Å². The number of aliphatic hydroxyl groups is 2. The first kappa shape index (κ1) is 30.0. The molecule has 0 radical (unpaired) electrons. The van der Waals surface area contributed by atoms with Crippen molar-refractivity contribution < 1.29 is 42.5 Å². The van der Waals surface area contributed by atoms with E-state index in [4.69, 9.17) is 34.7 Å². The number of ether oxygens (including phenoxy) is 1. The molecule has 2 aliphatic heterocycles. The van der Waals surface area contributed by atoms with E-state index in [1.54, 1.807) is 0 Å². The summed E-state index contributed by atoms with van der Waals surface area (Å²) >= 11 is 5.06. The molecule has 25 heteroatoms. The summed E-state index contributed by atoms with van der Waals surface area (Å²) in [5, 5.41) is 32.2. The second-order valence-electron chi connectivity index (χ2n) is 10.2. The van der Waals surface area contributed by atoms with Gasteiger partial charge in [0.05, 0.1) is 29.9 Å². The SMILES string of the molecule is Nc1nc2c(nnn2[C@@H]2S[C@H](CO[PH](=O)O)[C@@H](O)[C@H]2OP(=O)(S)OC2[C@H]3O[C@@H](c4cnc5c(N)ncnn45)C[C@@]23O)c(=O)[nH]1. The smallest absolute Gasteiger partial charge is 0.387 e. The van der Waals surface area contributed by atoms with Crippen LogP contribution in [-0.4, -0.2) is 102 Å². The summed E-state index contributed by atoms with van der Waals surface area (Å²) in [5.74, 6) is -0.0711. The molecule has 44 heavy (non-hydrogen) atoms. The molecule has 0 amide bonds. The average molecular weight is 692 g/mol. The minimum absolute atomic E-state index is 0.0325. The predicted octanol–water partition coefficient (Wildman–Crippen LogP) is -1.43. The summed E-state index contributed by atoms with van der Waals surface area (Å²) in [4.78, 5) is 35.9. The van der Waals surface area contributed by atoms with Gasteiger partial charge in [-0.05, 0) is 0 Å². The first-order chi connectivity index (χ1) is 20.9. The number of thiol groups is 1. The summed E-state index contributed by atoms with van der Waals surface area (Å²) in [7, 11) is -3.35. The normalized spacial score (nSPS) is 33.5. The molecule has 3 fully saturated rings. The zero-order valence-electron chi connectivity index (χ0n) is 21.8. The van der Waals surface area contributed by atoms with Crippen LogP contribution in [0.4, 0.5) is 11.8 Å². The minimum atomic E-state index is -4.37.